The molecule has 0 radical (unpaired) electrons. The van der Waals surface area contributed by atoms with Gasteiger partial charge in [0.15, 0.2) is 0 Å². The summed E-state index contributed by atoms with van der Waals surface area (Å²) >= 11 is 0. The van der Waals surface area contributed by atoms with Crippen LogP contribution in [0.25, 0.3) is 0 Å². The van der Waals surface area contributed by atoms with Gasteiger partial charge in [0.2, 0.25) is 0 Å². The Bertz CT molecular complexity index is 119. The Labute approximate surface area is 119 Å². The first-order valence-electron chi connectivity index (χ1n) is 4.03. The molecule has 0 saturated heterocycles. The Morgan fingerprint density at radius 3 is 2.08 bits per heavy atom. The molecule has 0 bridgehead atoms. The normalized spacial score (nSPS) is 11.5. The molecule has 74 valence electrons. The van der Waals surface area contributed by atoms with E-state index >= 15 is 0 Å². The van der Waals surface area contributed by atoms with Crippen molar-refractivity contribution in [1.29, 1.82) is 0 Å². The number of aliphatic hydroxyl groups is 1. The molecule has 0 aromatic carbocycles. The zero-order valence-corrected chi connectivity index (χ0v) is 11.3. The summed E-state index contributed by atoms with van der Waals surface area (Å²) in [5, 5.41) is 8.46. The average molecular weight is 223 g/mol. The minimum Gasteiger partial charge on any atom is -0.448 e. The molecule has 2 nitrogen and oxygen atoms in total. The third kappa shape index (κ3) is 11.3. The monoisotopic (exact) mass is 223 g/mol. The van der Waals surface area contributed by atoms with Gasteiger partial charge in [-0.3, -0.25) is 0 Å². The molecule has 0 aliphatic heterocycles. The van der Waals surface area contributed by atoms with Crippen molar-refractivity contribution in [3.8, 4) is 0 Å². The maximum Gasteiger partial charge on any atom is 1.00 e. The number of hydrogen-bond donors (Lipinski definition) is 1. The molecule has 0 aromatic rings. The van der Waals surface area contributed by atoms with Crippen molar-refractivity contribution in [2.45, 2.75) is 13.3 Å². The van der Waals surface area contributed by atoms with Crippen molar-refractivity contribution < 1.29 is 69.4 Å². The third-order valence-corrected chi connectivity index (χ3v) is 1.42. The van der Waals surface area contributed by atoms with Gasteiger partial charge in [-0.1, -0.05) is 6.92 Å². The standard InChI is InChI=1S/C6H14BF3NO.K/c1-2-3-11(4-5-12)6-7(8,9)10;/h12H,2-6H2,1H3;/q-1;+1. The van der Waals surface area contributed by atoms with Crippen molar-refractivity contribution >= 4 is 6.98 Å². The summed E-state index contributed by atoms with van der Waals surface area (Å²) in [4.78, 5) is 1.22. The number of halogens is 3. The smallest absolute Gasteiger partial charge is 0.448 e. The molecule has 0 amide bonds. The SMILES string of the molecule is CCCN(CCO)C[B-](F)(F)F.[K+]. The Kier molecular flexibility index (Phi) is 11.3. The van der Waals surface area contributed by atoms with Gasteiger partial charge in [0.1, 0.15) is 0 Å². The first-order valence-corrected chi connectivity index (χ1v) is 4.03. The quantitative estimate of drug-likeness (QED) is 0.531. The number of hydrogen-bond acceptors (Lipinski definition) is 2. The summed E-state index contributed by atoms with van der Waals surface area (Å²) < 4.78 is 35.7. The van der Waals surface area contributed by atoms with Crippen molar-refractivity contribution in [3.05, 3.63) is 0 Å². The zero-order chi connectivity index (χ0) is 9.61. The first-order chi connectivity index (χ1) is 5.49. The fraction of sp³-hybridized carbons (Fsp3) is 1.00. The molecular formula is C6H14BF3KNO. The van der Waals surface area contributed by atoms with Crippen LogP contribution in [0.4, 0.5) is 12.9 Å². The van der Waals surface area contributed by atoms with E-state index < -0.39 is 13.4 Å². The maximum absolute atomic E-state index is 11.9. The van der Waals surface area contributed by atoms with Gasteiger partial charge in [0.25, 0.3) is 0 Å². The molecule has 0 aliphatic carbocycles. The van der Waals surface area contributed by atoms with Crippen LogP contribution in [0, 0.1) is 0 Å². The predicted octanol–water partition coefficient (Wildman–Crippen LogP) is -1.92. The number of aliphatic hydroxyl groups excluding tert-OH is 1. The second kappa shape index (κ2) is 8.70. The maximum atomic E-state index is 11.9. The Balaban J connectivity index is 0. The fourth-order valence-corrected chi connectivity index (χ4v) is 1.04. The molecule has 0 rings (SSSR count). The van der Waals surface area contributed by atoms with Gasteiger partial charge >= 0.3 is 58.4 Å². The molecule has 0 spiro atoms. The number of rotatable bonds is 6. The van der Waals surface area contributed by atoms with Crippen LogP contribution in [0.5, 0.6) is 0 Å². The molecule has 0 fully saturated rings. The fourth-order valence-electron chi connectivity index (χ4n) is 1.04. The molecule has 0 saturated carbocycles. The van der Waals surface area contributed by atoms with Gasteiger partial charge in [-0.05, 0) is 19.4 Å². The van der Waals surface area contributed by atoms with E-state index in [-0.39, 0.29) is 64.5 Å². The Morgan fingerprint density at radius 1 is 1.23 bits per heavy atom. The van der Waals surface area contributed by atoms with Crippen molar-refractivity contribution in [2.24, 2.45) is 0 Å². The van der Waals surface area contributed by atoms with Gasteiger partial charge in [-0.25, -0.2) is 0 Å². The molecule has 0 atom stereocenters. The van der Waals surface area contributed by atoms with E-state index in [1.54, 1.807) is 0 Å². The van der Waals surface area contributed by atoms with Crippen LogP contribution in [0.3, 0.4) is 0 Å². The summed E-state index contributed by atoms with van der Waals surface area (Å²) in [7, 11) is 0. The van der Waals surface area contributed by atoms with Crippen LogP contribution in [0.15, 0.2) is 0 Å². The van der Waals surface area contributed by atoms with E-state index in [1.165, 1.54) is 4.90 Å². The Hall–Kier alpha value is 1.41. The number of nitrogens with zero attached hydrogens (tertiary/aromatic N) is 1. The average Bonchev–Trinajstić information content (AvgIpc) is 1.84. The van der Waals surface area contributed by atoms with Gasteiger partial charge in [-0.2, -0.15) is 0 Å². The van der Waals surface area contributed by atoms with Crippen LogP contribution in [0.1, 0.15) is 13.3 Å². The van der Waals surface area contributed by atoms with E-state index in [1.807, 2.05) is 6.92 Å². The zero-order valence-electron chi connectivity index (χ0n) is 8.14. The molecule has 0 unspecified atom stereocenters. The minimum absolute atomic E-state index is 0. The van der Waals surface area contributed by atoms with E-state index in [0.717, 1.165) is 0 Å². The molecule has 0 heterocycles. The first kappa shape index (κ1) is 16.8. The van der Waals surface area contributed by atoms with E-state index in [9.17, 15) is 12.9 Å². The van der Waals surface area contributed by atoms with Crippen molar-refractivity contribution in [2.75, 3.05) is 26.1 Å². The molecule has 0 aliphatic rings. The van der Waals surface area contributed by atoms with Crippen LogP contribution in [-0.4, -0.2) is 43.1 Å². The van der Waals surface area contributed by atoms with Gasteiger partial charge in [0.05, 0.1) is 6.61 Å². The topological polar surface area (TPSA) is 23.5 Å². The van der Waals surface area contributed by atoms with E-state index in [0.29, 0.717) is 13.0 Å². The summed E-state index contributed by atoms with van der Waals surface area (Å²) in [6.07, 6.45) is -0.194. The van der Waals surface area contributed by atoms with Crippen LogP contribution in [-0.2, 0) is 0 Å². The van der Waals surface area contributed by atoms with Gasteiger partial charge < -0.3 is 23.0 Å². The van der Waals surface area contributed by atoms with Crippen molar-refractivity contribution in [3.63, 3.8) is 0 Å². The van der Waals surface area contributed by atoms with Crippen LogP contribution in [0.2, 0.25) is 0 Å². The second-order valence-electron chi connectivity index (χ2n) is 2.73. The Morgan fingerprint density at radius 2 is 1.77 bits per heavy atom. The molecule has 7 heteroatoms. The predicted molar refractivity (Wildman–Crippen MR) is 42.9 cm³/mol. The third-order valence-electron chi connectivity index (χ3n) is 1.42. The van der Waals surface area contributed by atoms with Gasteiger partial charge in [-0.15, -0.1) is 0 Å². The van der Waals surface area contributed by atoms with Gasteiger partial charge in [0, 0.05) is 6.54 Å². The minimum atomic E-state index is -4.76. The largest absolute Gasteiger partial charge is 1.00 e. The molecule has 0 aromatic heterocycles. The van der Waals surface area contributed by atoms with E-state index in [2.05, 4.69) is 0 Å². The molecule has 13 heavy (non-hydrogen) atoms. The van der Waals surface area contributed by atoms with E-state index in [4.69, 9.17) is 5.11 Å². The summed E-state index contributed by atoms with van der Waals surface area (Å²) in [6, 6.07) is 0. The van der Waals surface area contributed by atoms with Crippen LogP contribution >= 0.6 is 0 Å². The van der Waals surface area contributed by atoms with Crippen LogP contribution < -0.4 is 51.4 Å². The summed E-state index contributed by atoms with van der Waals surface area (Å²) in [5.41, 5.74) is 0. The summed E-state index contributed by atoms with van der Waals surface area (Å²) in [6.45, 7) is -2.66. The summed E-state index contributed by atoms with van der Waals surface area (Å²) in [5.74, 6) is 0. The second-order valence-corrected chi connectivity index (χ2v) is 2.73. The molecule has 1 N–H and O–H groups in total. The molecular weight excluding hydrogens is 209 g/mol. The van der Waals surface area contributed by atoms with Crippen molar-refractivity contribution in [1.82, 2.24) is 4.90 Å².